The van der Waals surface area contributed by atoms with Crippen LogP contribution in [0.4, 0.5) is 11.4 Å². The van der Waals surface area contributed by atoms with Gasteiger partial charge in [0.05, 0.1) is 17.3 Å². The number of carbonyl (C=O) groups is 1. The molecule has 0 bridgehead atoms. The summed E-state index contributed by atoms with van der Waals surface area (Å²) in [5.41, 5.74) is 0.870. The molecule has 1 heterocycles. The summed E-state index contributed by atoms with van der Waals surface area (Å²) in [6.07, 6.45) is 0. The Balaban J connectivity index is 1.72. The minimum atomic E-state index is -0.540. The Bertz CT molecular complexity index is 1040. The zero-order chi connectivity index (χ0) is 21.0. The van der Waals surface area contributed by atoms with Gasteiger partial charge in [-0.3, -0.25) is 14.9 Å². The van der Waals surface area contributed by atoms with Crippen molar-refractivity contribution >= 4 is 29.0 Å². The predicted molar refractivity (Wildman–Crippen MR) is 110 cm³/mol. The van der Waals surface area contributed by atoms with E-state index in [1.165, 1.54) is 23.9 Å². The summed E-state index contributed by atoms with van der Waals surface area (Å²) in [5.74, 6) is 1.03. The van der Waals surface area contributed by atoms with E-state index in [0.717, 1.165) is 11.3 Å². The third kappa shape index (κ3) is 4.54. The molecule has 0 aliphatic heterocycles. The van der Waals surface area contributed by atoms with E-state index >= 15 is 0 Å². The van der Waals surface area contributed by atoms with Gasteiger partial charge in [-0.25, -0.2) is 0 Å². The Hall–Kier alpha value is -3.40. The smallest absolute Gasteiger partial charge is 0.292 e. The standard InChI is InChI=1S/C19H19N5O4S/c1-12(18(25)20-15-6-4-5-7-16(15)24(26)27)29-19-22-21-17(23(19)2)13-8-10-14(28-3)11-9-13/h4-12H,1-3H3,(H,20,25)/t12-/m1/s1. The van der Waals surface area contributed by atoms with E-state index in [9.17, 15) is 14.9 Å². The van der Waals surface area contributed by atoms with Crippen LogP contribution in [0.5, 0.6) is 5.75 Å². The number of hydrogen-bond acceptors (Lipinski definition) is 7. The molecule has 0 saturated heterocycles. The van der Waals surface area contributed by atoms with E-state index in [4.69, 9.17) is 4.74 Å². The molecule has 1 N–H and O–H groups in total. The largest absolute Gasteiger partial charge is 0.497 e. The molecule has 150 valence electrons. The second kappa shape index (κ2) is 8.74. The summed E-state index contributed by atoms with van der Waals surface area (Å²) >= 11 is 1.22. The van der Waals surface area contributed by atoms with Gasteiger partial charge < -0.3 is 14.6 Å². The van der Waals surface area contributed by atoms with E-state index in [0.29, 0.717) is 11.0 Å². The maximum absolute atomic E-state index is 12.5. The first kappa shape index (κ1) is 20.3. The van der Waals surface area contributed by atoms with Gasteiger partial charge in [0.1, 0.15) is 11.4 Å². The topological polar surface area (TPSA) is 112 Å². The first-order valence-corrected chi connectivity index (χ1v) is 9.53. The normalized spacial score (nSPS) is 11.7. The summed E-state index contributed by atoms with van der Waals surface area (Å²) in [6, 6.07) is 13.4. The van der Waals surface area contributed by atoms with E-state index < -0.39 is 10.2 Å². The Morgan fingerprint density at radius 3 is 2.55 bits per heavy atom. The number of ether oxygens (including phenoxy) is 1. The number of nitro groups is 1. The number of nitrogens with one attached hydrogen (secondary N) is 1. The summed E-state index contributed by atoms with van der Waals surface area (Å²) in [7, 11) is 3.41. The van der Waals surface area contributed by atoms with Gasteiger partial charge in [-0.05, 0) is 37.3 Å². The van der Waals surface area contributed by atoms with Gasteiger partial charge in [0.25, 0.3) is 5.69 Å². The minimum Gasteiger partial charge on any atom is -0.497 e. The first-order chi connectivity index (χ1) is 13.9. The predicted octanol–water partition coefficient (Wildman–Crippen LogP) is 3.52. The molecule has 0 unspecified atom stereocenters. The minimum absolute atomic E-state index is 0.154. The number of para-hydroxylation sites is 2. The van der Waals surface area contributed by atoms with Crippen molar-refractivity contribution in [3.63, 3.8) is 0 Å². The van der Waals surface area contributed by atoms with Crippen molar-refractivity contribution in [3.05, 3.63) is 58.6 Å². The lowest BCUT2D eigenvalue weighted by molar-refractivity contribution is -0.383. The maximum Gasteiger partial charge on any atom is 0.292 e. The molecule has 9 nitrogen and oxygen atoms in total. The molecule has 1 atom stereocenters. The van der Waals surface area contributed by atoms with Crippen LogP contribution in [0, 0.1) is 10.1 Å². The monoisotopic (exact) mass is 413 g/mol. The number of thioether (sulfide) groups is 1. The highest BCUT2D eigenvalue weighted by molar-refractivity contribution is 8.00. The molecule has 0 fully saturated rings. The van der Waals surface area contributed by atoms with Crippen LogP contribution in [0.3, 0.4) is 0 Å². The van der Waals surface area contributed by atoms with Gasteiger partial charge >= 0.3 is 0 Å². The van der Waals surface area contributed by atoms with Gasteiger partial charge in [0.15, 0.2) is 11.0 Å². The number of methoxy groups -OCH3 is 1. The highest BCUT2D eigenvalue weighted by Gasteiger charge is 2.22. The van der Waals surface area contributed by atoms with E-state index in [2.05, 4.69) is 15.5 Å². The number of aromatic nitrogens is 3. The molecule has 1 amide bonds. The summed E-state index contributed by atoms with van der Waals surface area (Å²) in [4.78, 5) is 23.1. The van der Waals surface area contributed by atoms with Crippen LogP contribution in [-0.4, -0.2) is 38.0 Å². The molecule has 1 aromatic heterocycles. The third-order valence-corrected chi connectivity index (χ3v) is 5.33. The molecular formula is C19H19N5O4S. The first-order valence-electron chi connectivity index (χ1n) is 8.65. The lowest BCUT2D eigenvalue weighted by Crippen LogP contribution is -2.23. The lowest BCUT2D eigenvalue weighted by Gasteiger charge is -2.12. The Morgan fingerprint density at radius 2 is 1.90 bits per heavy atom. The quantitative estimate of drug-likeness (QED) is 0.358. The number of amides is 1. The van der Waals surface area contributed by atoms with Gasteiger partial charge in [0, 0.05) is 18.7 Å². The van der Waals surface area contributed by atoms with Crippen molar-refractivity contribution in [2.24, 2.45) is 7.05 Å². The number of benzene rings is 2. The fourth-order valence-corrected chi connectivity index (χ4v) is 3.41. The fourth-order valence-electron chi connectivity index (χ4n) is 2.59. The third-order valence-electron chi connectivity index (χ3n) is 4.19. The zero-order valence-electron chi connectivity index (χ0n) is 16.0. The highest BCUT2D eigenvalue weighted by Crippen LogP contribution is 2.28. The number of hydrogen-bond donors (Lipinski definition) is 1. The van der Waals surface area contributed by atoms with Crippen molar-refractivity contribution in [1.82, 2.24) is 14.8 Å². The van der Waals surface area contributed by atoms with Gasteiger partial charge in [-0.1, -0.05) is 23.9 Å². The zero-order valence-corrected chi connectivity index (χ0v) is 16.8. The average Bonchev–Trinajstić information content (AvgIpc) is 3.08. The molecule has 0 aliphatic carbocycles. The second-order valence-electron chi connectivity index (χ2n) is 6.12. The molecule has 10 heteroatoms. The number of carbonyl (C=O) groups excluding carboxylic acids is 1. The van der Waals surface area contributed by atoms with Crippen LogP contribution in [0.15, 0.2) is 53.7 Å². The van der Waals surface area contributed by atoms with Crippen molar-refractivity contribution in [3.8, 4) is 17.1 Å². The highest BCUT2D eigenvalue weighted by atomic mass is 32.2. The molecule has 3 aromatic rings. The van der Waals surface area contributed by atoms with Crippen molar-refractivity contribution in [1.29, 1.82) is 0 Å². The van der Waals surface area contributed by atoms with Gasteiger partial charge in [-0.2, -0.15) is 0 Å². The molecule has 2 aromatic carbocycles. The molecule has 0 saturated carbocycles. The van der Waals surface area contributed by atoms with Gasteiger partial charge in [0.2, 0.25) is 5.91 Å². The van der Waals surface area contributed by atoms with Crippen LogP contribution in [0.2, 0.25) is 0 Å². The van der Waals surface area contributed by atoms with Crippen molar-refractivity contribution in [2.75, 3.05) is 12.4 Å². The van der Waals surface area contributed by atoms with E-state index in [1.807, 2.05) is 31.3 Å². The average molecular weight is 413 g/mol. The van der Waals surface area contributed by atoms with E-state index in [-0.39, 0.29) is 17.3 Å². The lowest BCUT2D eigenvalue weighted by atomic mass is 10.2. The van der Waals surface area contributed by atoms with Crippen LogP contribution in [-0.2, 0) is 11.8 Å². The summed E-state index contributed by atoms with van der Waals surface area (Å²) in [6.45, 7) is 1.70. The second-order valence-corrected chi connectivity index (χ2v) is 7.43. The van der Waals surface area contributed by atoms with Crippen LogP contribution in [0.25, 0.3) is 11.4 Å². The van der Waals surface area contributed by atoms with Crippen molar-refractivity contribution in [2.45, 2.75) is 17.3 Å². The molecular weight excluding hydrogens is 394 g/mol. The van der Waals surface area contributed by atoms with Gasteiger partial charge in [-0.15, -0.1) is 10.2 Å². The molecule has 3 rings (SSSR count). The Labute approximate surface area is 171 Å². The number of anilines is 1. The SMILES string of the molecule is COc1ccc(-c2nnc(S[C@H](C)C(=O)Nc3ccccc3[N+](=O)[O-])n2C)cc1. The Kier molecular flexibility index (Phi) is 6.13. The van der Waals surface area contributed by atoms with Crippen LogP contribution < -0.4 is 10.1 Å². The molecule has 0 radical (unpaired) electrons. The Morgan fingerprint density at radius 1 is 1.21 bits per heavy atom. The molecule has 29 heavy (non-hydrogen) atoms. The molecule has 0 aliphatic rings. The molecule has 0 spiro atoms. The number of nitro benzene ring substituents is 1. The summed E-state index contributed by atoms with van der Waals surface area (Å²) in [5, 5.41) is 22.1. The number of nitrogens with zero attached hydrogens (tertiary/aromatic N) is 4. The van der Waals surface area contributed by atoms with Crippen LogP contribution >= 0.6 is 11.8 Å². The van der Waals surface area contributed by atoms with E-state index in [1.54, 1.807) is 30.7 Å². The number of rotatable bonds is 7. The van der Waals surface area contributed by atoms with Crippen LogP contribution in [0.1, 0.15) is 6.92 Å². The summed E-state index contributed by atoms with van der Waals surface area (Å²) < 4.78 is 6.95. The van der Waals surface area contributed by atoms with Crippen molar-refractivity contribution < 1.29 is 14.5 Å². The fraction of sp³-hybridized carbons (Fsp3) is 0.211. The maximum atomic E-state index is 12.5.